The van der Waals surface area contributed by atoms with Crippen LogP contribution in [0.15, 0.2) is 82.8 Å². The van der Waals surface area contributed by atoms with Crippen molar-refractivity contribution in [3.63, 3.8) is 0 Å². The number of anilines is 1. The third-order valence-electron chi connectivity index (χ3n) is 4.58. The fraction of sp³-hybridized carbons (Fsp3) is 0.0870. The highest BCUT2D eigenvalue weighted by Crippen LogP contribution is 2.26. The largest absolute Gasteiger partial charge is 0.478 e. The van der Waals surface area contributed by atoms with Crippen molar-refractivity contribution in [3.8, 4) is 0 Å². The summed E-state index contributed by atoms with van der Waals surface area (Å²) in [5.41, 5.74) is 3.63. The molecule has 0 heterocycles. The van der Waals surface area contributed by atoms with Crippen molar-refractivity contribution in [2.24, 2.45) is 5.10 Å². The molecule has 0 saturated heterocycles. The first-order valence-corrected chi connectivity index (χ1v) is 11.5. The van der Waals surface area contributed by atoms with E-state index < -0.39 is 28.4 Å². The van der Waals surface area contributed by atoms with Crippen molar-refractivity contribution in [2.75, 3.05) is 10.8 Å². The van der Waals surface area contributed by atoms with Crippen LogP contribution in [0.2, 0.25) is 5.02 Å². The van der Waals surface area contributed by atoms with Gasteiger partial charge in [-0.05, 0) is 43.3 Å². The van der Waals surface area contributed by atoms with Crippen molar-refractivity contribution >= 4 is 45.4 Å². The number of carbonyl (C=O) groups is 2. The Morgan fingerprint density at radius 1 is 1.06 bits per heavy atom. The number of carboxylic acids is 1. The maximum Gasteiger partial charge on any atom is 0.336 e. The summed E-state index contributed by atoms with van der Waals surface area (Å²) in [5, 5.41) is 13.3. The quantitative estimate of drug-likeness (QED) is 0.373. The van der Waals surface area contributed by atoms with E-state index in [0.717, 1.165) is 9.87 Å². The van der Waals surface area contributed by atoms with Crippen LogP contribution in [0.4, 0.5) is 5.69 Å². The first kappa shape index (κ1) is 24.0. The summed E-state index contributed by atoms with van der Waals surface area (Å²) in [6, 6.07) is 18.5. The summed E-state index contributed by atoms with van der Waals surface area (Å²) in [7, 11) is -4.09. The van der Waals surface area contributed by atoms with E-state index in [2.05, 4.69) is 10.5 Å². The summed E-state index contributed by atoms with van der Waals surface area (Å²) in [4.78, 5) is 23.9. The van der Waals surface area contributed by atoms with Gasteiger partial charge in [0.05, 0.1) is 22.4 Å². The number of halogens is 1. The number of carboxylic acid groups (broad SMARTS) is 1. The molecule has 33 heavy (non-hydrogen) atoms. The Bertz CT molecular complexity index is 1310. The molecule has 0 bridgehead atoms. The number of rotatable bonds is 8. The van der Waals surface area contributed by atoms with Gasteiger partial charge in [-0.2, -0.15) is 5.10 Å². The molecule has 3 aromatic rings. The predicted molar refractivity (Wildman–Crippen MR) is 126 cm³/mol. The summed E-state index contributed by atoms with van der Waals surface area (Å²) >= 11 is 6.04. The average molecular weight is 486 g/mol. The number of benzene rings is 3. The third kappa shape index (κ3) is 5.97. The van der Waals surface area contributed by atoms with Crippen molar-refractivity contribution < 1.29 is 23.1 Å². The molecule has 0 atom stereocenters. The van der Waals surface area contributed by atoms with Crippen molar-refractivity contribution in [1.29, 1.82) is 0 Å². The number of aromatic carboxylic acids is 1. The fourth-order valence-corrected chi connectivity index (χ4v) is 4.53. The van der Waals surface area contributed by atoms with Gasteiger partial charge in [0.25, 0.3) is 15.9 Å². The van der Waals surface area contributed by atoms with Gasteiger partial charge in [-0.1, -0.05) is 53.6 Å². The van der Waals surface area contributed by atoms with Gasteiger partial charge in [0.2, 0.25) is 0 Å². The topological polar surface area (TPSA) is 116 Å². The van der Waals surface area contributed by atoms with E-state index >= 15 is 0 Å². The number of amides is 1. The molecule has 3 rings (SSSR count). The van der Waals surface area contributed by atoms with E-state index in [1.807, 2.05) is 6.92 Å². The van der Waals surface area contributed by atoms with Crippen molar-refractivity contribution in [2.45, 2.75) is 11.8 Å². The van der Waals surface area contributed by atoms with Crippen LogP contribution in [-0.4, -0.2) is 38.2 Å². The number of aryl methyl sites for hydroxylation is 1. The second-order valence-electron chi connectivity index (χ2n) is 6.99. The average Bonchev–Trinajstić information content (AvgIpc) is 2.78. The third-order valence-corrected chi connectivity index (χ3v) is 6.60. The monoisotopic (exact) mass is 485 g/mol. The highest BCUT2D eigenvalue weighted by Gasteiger charge is 2.27. The van der Waals surface area contributed by atoms with Crippen LogP contribution in [0.5, 0.6) is 0 Å². The number of nitrogens with zero attached hydrogens (tertiary/aromatic N) is 2. The molecule has 2 N–H and O–H groups in total. The van der Waals surface area contributed by atoms with Gasteiger partial charge in [0.1, 0.15) is 6.54 Å². The Hall–Kier alpha value is -3.69. The minimum Gasteiger partial charge on any atom is -0.478 e. The lowest BCUT2D eigenvalue weighted by atomic mass is 10.1. The zero-order valence-electron chi connectivity index (χ0n) is 17.5. The number of sulfonamides is 1. The lowest BCUT2D eigenvalue weighted by molar-refractivity contribution is -0.119. The molecule has 0 aliphatic rings. The molecule has 0 saturated carbocycles. The van der Waals surface area contributed by atoms with Gasteiger partial charge < -0.3 is 5.11 Å². The molecule has 10 heteroatoms. The first-order chi connectivity index (χ1) is 15.7. The lowest BCUT2D eigenvalue weighted by Crippen LogP contribution is -2.39. The second kappa shape index (κ2) is 10.3. The SMILES string of the molecule is Cc1ccc(S(=O)(=O)N(CC(=O)N/N=C\c2ccccc2C(=O)O)c2cccc(Cl)c2)cc1. The molecule has 0 radical (unpaired) electrons. The van der Waals surface area contributed by atoms with Crippen LogP contribution in [0.1, 0.15) is 21.5 Å². The summed E-state index contributed by atoms with van der Waals surface area (Å²) < 4.78 is 27.5. The van der Waals surface area contributed by atoms with E-state index in [-0.39, 0.29) is 21.7 Å². The smallest absolute Gasteiger partial charge is 0.336 e. The molecule has 8 nitrogen and oxygen atoms in total. The molecule has 3 aromatic carbocycles. The number of hydrogen-bond acceptors (Lipinski definition) is 5. The van der Waals surface area contributed by atoms with Gasteiger partial charge in [0, 0.05) is 10.6 Å². The van der Waals surface area contributed by atoms with Crippen LogP contribution in [-0.2, 0) is 14.8 Å². The summed E-state index contributed by atoms with van der Waals surface area (Å²) in [5.74, 6) is -1.87. The molecule has 170 valence electrons. The van der Waals surface area contributed by atoms with Crippen LogP contribution in [0, 0.1) is 6.92 Å². The first-order valence-electron chi connectivity index (χ1n) is 9.67. The van der Waals surface area contributed by atoms with Crippen LogP contribution >= 0.6 is 11.6 Å². The maximum atomic E-state index is 13.3. The molecule has 0 unspecified atom stereocenters. The molecule has 0 aliphatic carbocycles. The minimum atomic E-state index is -4.09. The van der Waals surface area contributed by atoms with Crippen LogP contribution in [0.25, 0.3) is 0 Å². The molecular formula is C23H20ClN3O5S. The molecule has 0 spiro atoms. The van der Waals surface area contributed by atoms with E-state index in [0.29, 0.717) is 5.02 Å². The van der Waals surface area contributed by atoms with Gasteiger partial charge in [-0.15, -0.1) is 0 Å². The predicted octanol–water partition coefficient (Wildman–Crippen LogP) is 3.69. The van der Waals surface area contributed by atoms with Crippen molar-refractivity contribution in [1.82, 2.24) is 5.43 Å². The zero-order valence-corrected chi connectivity index (χ0v) is 19.0. The number of carbonyl (C=O) groups excluding carboxylic acids is 1. The molecule has 0 fully saturated rings. The highest BCUT2D eigenvalue weighted by molar-refractivity contribution is 7.92. The van der Waals surface area contributed by atoms with Crippen LogP contribution < -0.4 is 9.73 Å². The lowest BCUT2D eigenvalue weighted by Gasteiger charge is -2.24. The normalized spacial score (nSPS) is 11.3. The Labute approximate surface area is 196 Å². The van der Waals surface area contributed by atoms with E-state index in [4.69, 9.17) is 11.6 Å². The fourth-order valence-electron chi connectivity index (χ4n) is 2.93. The zero-order chi connectivity index (χ0) is 24.0. The molecule has 1 amide bonds. The van der Waals surface area contributed by atoms with Crippen LogP contribution in [0.3, 0.4) is 0 Å². The minimum absolute atomic E-state index is 0.0120. The number of hydrogen-bond donors (Lipinski definition) is 2. The molecular weight excluding hydrogens is 466 g/mol. The van der Waals surface area contributed by atoms with Gasteiger partial charge in [-0.3, -0.25) is 9.10 Å². The van der Waals surface area contributed by atoms with Gasteiger partial charge in [0.15, 0.2) is 0 Å². The van der Waals surface area contributed by atoms with E-state index in [1.54, 1.807) is 36.4 Å². The van der Waals surface area contributed by atoms with E-state index in [1.165, 1.54) is 42.6 Å². The number of nitrogens with one attached hydrogen (secondary N) is 1. The Kier molecular flexibility index (Phi) is 7.47. The Balaban J connectivity index is 1.86. The summed E-state index contributed by atoms with van der Waals surface area (Å²) in [6.07, 6.45) is 1.18. The Morgan fingerprint density at radius 3 is 2.42 bits per heavy atom. The van der Waals surface area contributed by atoms with Gasteiger partial charge >= 0.3 is 5.97 Å². The van der Waals surface area contributed by atoms with Gasteiger partial charge in [-0.25, -0.2) is 18.6 Å². The number of hydrazone groups is 1. The molecule has 0 aromatic heterocycles. The standard InChI is InChI=1S/C23H20ClN3O5S/c1-16-9-11-20(12-10-16)33(31,32)27(19-7-4-6-18(24)13-19)15-22(28)26-25-14-17-5-2-3-8-21(17)23(29)30/h2-14H,15H2,1H3,(H,26,28)(H,29,30)/b25-14-. The second-order valence-corrected chi connectivity index (χ2v) is 9.29. The highest BCUT2D eigenvalue weighted by atomic mass is 35.5. The maximum absolute atomic E-state index is 13.3. The van der Waals surface area contributed by atoms with E-state index in [9.17, 15) is 23.1 Å². The molecule has 0 aliphatic heterocycles. The Morgan fingerprint density at radius 2 is 1.76 bits per heavy atom. The van der Waals surface area contributed by atoms with Crippen molar-refractivity contribution in [3.05, 3.63) is 94.5 Å². The summed E-state index contributed by atoms with van der Waals surface area (Å²) in [6.45, 7) is 1.26.